The average molecular weight is 393 g/mol. The van der Waals surface area contributed by atoms with Gasteiger partial charge in [-0.3, -0.25) is 0 Å². The molecule has 1 aromatic heterocycles. The van der Waals surface area contributed by atoms with Gasteiger partial charge in [0.2, 0.25) is 0 Å². The van der Waals surface area contributed by atoms with Crippen molar-refractivity contribution in [3.63, 3.8) is 0 Å². The maximum absolute atomic E-state index is 6.30. The third kappa shape index (κ3) is 5.13. The minimum Gasteiger partial charge on any atom is -0.495 e. The molecule has 2 aromatic rings. The number of aliphatic imine (C=N–C) groups is 1. The quantitative estimate of drug-likeness (QED) is 0.525. The van der Waals surface area contributed by atoms with Crippen molar-refractivity contribution in [3.8, 4) is 5.75 Å². The second-order valence-corrected chi connectivity index (χ2v) is 7.88. The zero-order chi connectivity index (χ0) is 18.4. The lowest BCUT2D eigenvalue weighted by molar-refractivity contribution is 0.360. The van der Waals surface area contributed by atoms with Crippen molar-refractivity contribution in [3.05, 3.63) is 45.6 Å². The molecule has 1 heterocycles. The Hall–Kier alpha value is -1.76. The Morgan fingerprint density at radius 1 is 1.35 bits per heavy atom. The SMILES string of the molecule is COc1ccc(Cl)cc1NC(=NCc1cccs1)N[C@H]1CCCC[C@@H]1N. The third-order valence-electron chi connectivity index (χ3n) is 4.53. The molecular weight excluding hydrogens is 368 g/mol. The lowest BCUT2D eigenvalue weighted by Gasteiger charge is -2.30. The number of benzene rings is 1. The van der Waals surface area contributed by atoms with Crippen molar-refractivity contribution in [2.45, 2.75) is 44.3 Å². The fraction of sp³-hybridized carbons (Fsp3) is 0.421. The monoisotopic (exact) mass is 392 g/mol. The molecule has 1 aliphatic carbocycles. The second kappa shape index (κ2) is 9.26. The smallest absolute Gasteiger partial charge is 0.196 e. The van der Waals surface area contributed by atoms with Crippen LogP contribution in [0.1, 0.15) is 30.6 Å². The van der Waals surface area contributed by atoms with Crippen LogP contribution in [-0.2, 0) is 6.54 Å². The largest absolute Gasteiger partial charge is 0.495 e. The van der Waals surface area contributed by atoms with Gasteiger partial charge in [0, 0.05) is 22.0 Å². The standard InChI is InChI=1S/C19H25ClN4OS/c1-25-18-9-8-13(20)11-17(18)24-19(22-12-14-5-4-10-26-14)23-16-7-3-2-6-15(16)21/h4-5,8-11,15-16H,2-3,6-7,12,21H2,1H3,(H2,22,23,24)/t15-,16-/m0/s1. The van der Waals surface area contributed by atoms with E-state index in [-0.39, 0.29) is 12.1 Å². The Kier molecular flexibility index (Phi) is 6.77. The van der Waals surface area contributed by atoms with Gasteiger partial charge in [-0.1, -0.05) is 30.5 Å². The molecule has 0 amide bonds. The number of halogens is 1. The number of methoxy groups -OCH3 is 1. The number of hydrogen-bond acceptors (Lipinski definition) is 4. The molecule has 1 fully saturated rings. The van der Waals surface area contributed by atoms with Crippen molar-refractivity contribution < 1.29 is 4.74 Å². The van der Waals surface area contributed by atoms with Crippen LogP contribution in [0.25, 0.3) is 0 Å². The van der Waals surface area contributed by atoms with E-state index in [4.69, 9.17) is 27.1 Å². The highest BCUT2D eigenvalue weighted by atomic mass is 35.5. The van der Waals surface area contributed by atoms with E-state index in [9.17, 15) is 0 Å². The van der Waals surface area contributed by atoms with E-state index in [1.54, 1.807) is 24.5 Å². The molecule has 0 radical (unpaired) electrons. The van der Waals surface area contributed by atoms with E-state index in [0.29, 0.717) is 23.3 Å². The first-order chi connectivity index (χ1) is 12.7. The summed E-state index contributed by atoms with van der Waals surface area (Å²) < 4.78 is 5.44. The topological polar surface area (TPSA) is 71.7 Å². The molecule has 140 valence electrons. The maximum Gasteiger partial charge on any atom is 0.196 e. The lowest BCUT2D eigenvalue weighted by atomic mass is 9.91. The summed E-state index contributed by atoms with van der Waals surface area (Å²) in [7, 11) is 1.64. The van der Waals surface area contributed by atoms with Crippen LogP contribution in [-0.4, -0.2) is 25.2 Å². The summed E-state index contributed by atoms with van der Waals surface area (Å²) in [5.74, 6) is 1.41. The number of ether oxygens (including phenoxy) is 1. The minimum absolute atomic E-state index is 0.138. The van der Waals surface area contributed by atoms with Gasteiger partial charge in [-0.2, -0.15) is 0 Å². The summed E-state index contributed by atoms with van der Waals surface area (Å²) in [6.45, 7) is 0.609. The Labute approximate surface area is 163 Å². The van der Waals surface area contributed by atoms with Crippen molar-refractivity contribution in [1.29, 1.82) is 0 Å². The van der Waals surface area contributed by atoms with E-state index in [1.165, 1.54) is 17.7 Å². The Bertz CT molecular complexity index is 735. The predicted molar refractivity (Wildman–Crippen MR) is 110 cm³/mol. The molecule has 3 rings (SSSR count). The molecule has 1 saturated carbocycles. The maximum atomic E-state index is 6.30. The minimum atomic E-state index is 0.138. The summed E-state index contributed by atoms with van der Waals surface area (Å²) in [5, 5.41) is 9.55. The Morgan fingerprint density at radius 2 is 2.19 bits per heavy atom. The fourth-order valence-corrected chi connectivity index (χ4v) is 3.90. The predicted octanol–water partition coefficient (Wildman–Crippen LogP) is 4.24. The van der Waals surface area contributed by atoms with Gasteiger partial charge in [-0.05, 0) is 42.5 Å². The Balaban J connectivity index is 1.80. The molecular formula is C19H25ClN4OS. The second-order valence-electron chi connectivity index (χ2n) is 6.41. The normalized spacial score (nSPS) is 20.7. The molecule has 5 nitrogen and oxygen atoms in total. The van der Waals surface area contributed by atoms with Crippen LogP contribution in [0.3, 0.4) is 0 Å². The number of thiophene rings is 1. The third-order valence-corrected chi connectivity index (χ3v) is 5.63. The number of nitrogens with one attached hydrogen (secondary N) is 2. The molecule has 1 aromatic carbocycles. The molecule has 0 unspecified atom stereocenters. The van der Waals surface area contributed by atoms with Gasteiger partial charge in [0.1, 0.15) is 5.75 Å². The van der Waals surface area contributed by atoms with Crippen LogP contribution in [0.5, 0.6) is 5.75 Å². The van der Waals surface area contributed by atoms with Crippen molar-refractivity contribution >= 4 is 34.6 Å². The summed E-state index contributed by atoms with van der Waals surface area (Å²) in [5.41, 5.74) is 7.08. The molecule has 26 heavy (non-hydrogen) atoms. The van der Waals surface area contributed by atoms with Crippen LogP contribution in [0.2, 0.25) is 5.02 Å². The van der Waals surface area contributed by atoms with E-state index in [1.807, 2.05) is 18.2 Å². The first-order valence-corrected chi connectivity index (χ1v) is 10.1. The van der Waals surface area contributed by atoms with Gasteiger partial charge in [0.15, 0.2) is 5.96 Å². The highest BCUT2D eigenvalue weighted by Gasteiger charge is 2.23. The molecule has 0 spiro atoms. The van der Waals surface area contributed by atoms with Crippen molar-refractivity contribution in [2.24, 2.45) is 10.7 Å². The molecule has 7 heteroatoms. The highest BCUT2D eigenvalue weighted by Crippen LogP contribution is 2.28. The van der Waals surface area contributed by atoms with Gasteiger partial charge in [0.25, 0.3) is 0 Å². The van der Waals surface area contributed by atoms with E-state index in [0.717, 1.165) is 18.5 Å². The fourth-order valence-electron chi connectivity index (χ4n) is 3.10. The summed E-state index contributed by atoms with van der Waals surface area (Å²) >= 11 is 7.85. The number of rotatable bonds is 5. The zero-order valence-electron chi connectivity index (χ0n) is 14.9. The first kappa shape index (κ1) is 19.0. The number of anilines is 1. The van der Waals surface area contributed by atoms with Crippen LogP contribution in [0, 0.1) is 0 Å². The van der Waals surface area contributed by atoms with Gasteiger partial charge >= 0.3 is 0 Å². The number of nitrogens with two attached hydrogens (primary N) is 1. The zero-order valence-corrected chi connectivity index (χ0v) is 16.4. The molecule has 1 aliphatic rings. The lowest BCUT2D eigenvalue weighted by Crippen LogP contribution is -2.51. The van der Waals surface area contributed by atoms with Gasteiger partial charge < -0.3 is 21.1 Å². The summed E-state index contributed by atoms with van der Waals surface area (Å²) in [4.78, 5) is 5.95. The van der Waals surface area contributed by atoms with Gasteiger partial charge in [-0.25, -0.2) is 4.99 Å². The van der Waals surface area contributed by atoms with Crippen LogP contribution < -0.4 is 21.1 Å². The van der Waals surface area contributed by atoms with Crippen molar-refractivity contribution in [1.82, 2.24) is 5.32 Å². The molecule has 0 aliphatic heterocycles. The van der Waals surface area contributed by atoms with E-state index < -0.39 is 0 Å². The van der Waals surface area contributed by atoms with Crippen LogP contribution in [0.4, 0.5) is 5.69 Å². The number of hydrogen-bond donors (Lipinski definition) is 3. The number of guanidine groups is 1. The summed E-state index contributed by atoms with van der Waals surface area (Å²) in [6, 6.07) is 9.95. The van der Waals surface area contributed by atoms with Crippen LogP contribution >= 0.6 is 22.9 Å². The van der Waals surface area contributed by atoms with Crippen molar-refractivity contribution in [2.75, 3.05) is 12.4 Å². The van der Waals surface area contributed by atoms with Gasteiger partial charge in [0.05, 0.1) is 19.3 Å². The average Bonchev–Trinajstić information content (AvgIpc) is 3.15. The van der Waals surface area contributed by atoms with E-state index >= 15 is 0 Å². The summed E-state index contributed by atoms with van der Waals surface area (Å²) in [6.07, 6.45) is 4.46. The molecule has 2 atom stereocenters. The first-order valence-electron chi connectivity index (χ1n) is 8.85. The van der Waals surface area contributed by atoms with Gasteiger partial charge in [-0.15, -0.1) is 11.3 Å². The molecule has 0 bridgehead atoms. The Morgan fingerprint density at radius 3 is 2.92 bits per heavy atom. The highest BCUT2D eigenvalue weighted by molar-refractivity contribution is 7.09. The molecule has 4 N–H and O–H groups in total. The molecule has 0 saturated heterocycles. The number of nitrogens with zero attached hydrogens (tertiary/aromatic N) is 1. The van der Waals surface area contributed by atoms with E-state index in [2.05, 4.69) is 22.1 Å². The van der Waals surface area contributed by atoms with Crippen LogP contribution in [0.15, 0.2) is 40.7 Å².